The molecule has 1 spiro atoms. The number of hydrogen-bond donors (Lipinski definition) is 10. The van der Waals surface area contributed by atoms with Gasteiger partial charge in [-0.2, -0.15) is 0 Å². The van der Waals surface area contributed by atoms with E-state index in [1.165, 1.54) is 26.5 Å². The normalized spacial score (nSPS) is 50.9. The zero-order valence-corrected chi connectivity index (χ0v) is 46.4. The standard InChI is InChI=1S/C55H88O23/c1-23(2)11-10-12-29-35-30(71-25(4)58)19-54(8)27-13-14-33-52(5,6)34(16-17-53(33,7)26(27)15-18-55(35,54)51(67)74-29)75-50-46(36(60)28(59)22-69-50)78-47-40(64)39(63)43(24(3)70-47)76-49-42(66)45(38(62)32(21-57)73-49)77-48-41(65)44(68-9)37(61)31(20-56)72-48/h13,23-24,26,28-50,56-57,59-66H,10-12,14-22H2,1-9H3/t24-,26+,28-,29+,30?,31-,32-,33+,34+,35?,36+,37-,38-,39-,40-,41-,42-,43-,44+,45+,46-,47+,48+,49+,50+,53-,54+,55?/m1/s1. The van der Waals surface area contributed by atoms with E-state index < -0.39 is 158 Å². The summed E-state index contributed by atoms with van der Waals surface area (Å²) >= 11 is 0. The second-order valence-corrected chi connectivity index (χ2v) is 25.3. The third-order valence-corrected chi connectivity index (χ3v) is 20.1. The highest BCUT2D eigenvalue weighted by molar-refractivity contribution is 5.83. The van der Waals surface area contributed by atoms with Gasteiger partial charge in [-0.1, -0.05) is 59.6 Å². The molecule has 446 valence electrons. The van der Waals surface area contributed by atoms with Crippen LogP contribution in [0.3, 0.4) is 0 Å². The lowest BCUT2D eigenvalue weighted by atomic mass is 9.41. The number of hydrogen-bond acceptors (Lipinski definition) is 23. The van der Waals surface area contributed by atoms with E-state index in [4.69, 9.17) is 52.1 Å². The minimum absolute atomic E-state index is 0.0816. The number of fused-ring (bicyclic) bond motifs is 4. The van der Waals surface area contributed by atoms with Crippen LogP contribution in [-0.2, 0) is 61.7 Å². The highest BCUT2D eigenvalue weighted by Crippen LogP contribution is 2.75. The van der Waals surface area contributed by atoms with Crippen molar-refractivity contribution >= 4 is 11.9 Å². The van der Waals surface area contributed by atoms with Gasteiger partial charge < -0.3 is 103 Å². The molecule has 28 atom stereocenters. The fourth-order valence-corrected chi connectivity index (χ4v) is 16.1. The molecule has 23 nitrogen and oxygen atoms in total. The van der Waals surface area contributed by atoms with Crippen LogP contribution in [0.2, 0.25) is 0 Å². The van der Waals surface area contributed by atoms with Crippen LogP contribution in [0.1, 0.15) is 113 Å². The van der Waals surface area contributed by atoms with Crippen molar-refractivity contribution in [1.82, 2.24) is 0 Å². The van der Waals surface area contributed by atoms with Gasteiger partial charge in [0.2, 0.25) is 0 Å². The van der Waals surface area contributed by atoms with Crippen molar-refractivity contribution in [2.24, 2.45) is 45.3 Å². The summed E-state index contributed by atoms with van der Waals surface area (Å²) in [7, 11) is 1.21. The molecule has 9 aliphatic rings. The van der Waals surface area contributed by atoms with Crippen LogP contribution >= 0.6 is 0 Å². The molecule has 5 aliphatic heterocycles. The molecule has 0 aromatic rings. The Kier molecular flexibility index (Phi) is 18.0. The smallest absolute Gasteiger partial charge is 0.313 e. The predicted molar refractivity (Wildman–Crippen MR) is 267 cm³/mol. The lowest BCUT2D eigenvalue weighted by Gasteiger charge is -2.63. The molecule has 23 heteroatoms. The fraction of sp³-hybridized carbons (Fsp3) is 0.927. The Hall–Kier alpha value is -2.08. The Bertz CT molecular complexity index is 2130. The lowest BCUT2D eigenvalue weighted by molar-refractivity contribution is -0.389. The van der Waals surface area contributed by atoms with Crippen molar-refractivity contribution in [2.45, 2.75) is 248 Å². The van der Waals surface area contributed by atoms with Crippen LogP contribution in [0.25, 0.3) is 0 Å². The monoisotopic (exact) mass is 1120 g/mol. The number of aliphatic hydroxyl groups excluding tert-OH is 10. The molecule has 78 heavy (non-hydrogen) atoms. The number of carbonyl (C=O) groups excluding carboxylic acids is 2. The second kappa shape index (κ2) is 23.2. The topological polar surface area (TPSA) is 338 Å². The van der Waals surface area contributed by atoms with Crippen LogP contribution in [0.4, 0.5) is 0 Å². The summed E-state index contributed by atoms with van der Waals surface area (Å²) in [5.41, 5.74) is -0.883. The highest BCUT2D eigenvalue weighted by atomic mass is 16.8. The first-order valence-electron chi connectivity index (χ1n) is 28.3. The Labute approximate surface area is 455 Å². The summed E-state index contributed by atoms with van der Waals surface area (Å²) < 4.78 is 65.9. The quantitative estimate of drug-likeness (QED) is 0.0709. The summed E-state index contributed by atoms with van der Waals surface area (Å²) in [6, 6.07) is 0. The first-order valence-corrected chi connectivity index (χ1v) is 28.3. The summed E-state index contributed by atoms with van der Waals surface area (Å²) in [6.45, 7) is 14.3. The molecule has 0 aromatic heterocycles. The molecule has 0 radical (unpaired) electrons. The van der Waals surface area contributed by atoms with E-state index in [2.05, 4.69) is 47.6 Å². The number of methoxy groups -OCH3 is 1. The van der Waals surface area contributed by atoms with Gasteiger partial charge in [-0.3, -0.25) is 9.59 Å². The summed E-state index contributed by atoms with van der Waals surface area (Å²) in [5, 5.41) is 110. The molecule has 3 unspecified atom stereocenters. The van der Waals surface area contributed by atoms with Crippen molar-refractivity contribution in [1.29, 1.82) is 0 Å². The maximum atomic E-state index is 14.5. The molecule has 10 N–H and O–H groups in total. The number of rotatable bonds is 16. The summed E-state index contributed by atoms with van der Waals surface area (Å²) in [4.78, 5) is 27.1. The molecule has 4 aliphatic carbocycles. The zero-order valence-electron chi connectivity index (χ0n) is 46.4. The predicted octanol–water partition coefficient (Wildman–Crippen LogP) is -0.156. The van der Waals surface area contributed by atoms with Gasteiger partial charge in [-0.15, -0.1) is 0 Å². The number of esters is 2. The van der Waals surface area contributed by atoms with Crippen molar-refractivity contribution in [3.05, 3.63) is 11.6 Å². The summed E-state index contributed by atoms with van der Waals surface area (Å²) in [5.74, 6) is -0.0569. The van der Waals surface area contributed by atoms with E-state index >= 15 is 0 Å². The maximum absolute atomic E-state index is 14.5. The van der Waals surface area contributed by atoms with E-state index in [9.17, 15) is 60.7 Å². The molecule has 8 fully saturated rings. The van der Waals surface area contributed by atoms with Crippen LogP contribution in [0.15, 0.2) is 11.6 Å². The number of aliphatic hydroxyl groups is 10. The third kappa shape index (κ3) is 10.2. The van der Waals surface area contributed by atoms with Gasteiger partial charge in [0.05, 0.1) is 43.4 Å². The Morgan fingerprint density at radius 3 is 1.97 bits per heavy atom. The van der Waals surface area contributed by atoms with Gasteiger partial charge in [0.25, 0.3) is 0 Å². The number of cyclic esters (lactones) is 1. The van der Waals surface area contributed by atoms with Crippen LogP contribution in [0, 0.1) is 45.3 Å². The van der Waals surface area contributed by atoms with E-state index in [-0.39, 0.29) is 47.8 Å². The second-order valence-electron chi connectivity index (χ2n) is 25.3. The molecule has 9 rings (SSSR count). The average Bonchev–Trinajstić information content (AvgIpc) is 2.97. The van der Waals surface area contributed by atoms with E-state index in [0.29, 0.717) is 31.6 Å². The minimum Gasteiger partial charge on any atom is -0.462 e. The Morgan fingerprint density at radius 1 is 0.731 bits per heavy atom. The first-order chi connectivity index (χ1) is 36.8. The Morgan fingerprint density at radius 2 is 1.35 bits per heavy atom. The van der Waals surface area contributed by atoms with Gasteiger partial charge >= 0.3 is 11.9 Å². The SMILES string of the molecule is CO[C@@H]1[C@@H](O)[C@H](O[C@@H]2[C@@H](O)[C@H](O[C@H]3[C@H](O)[C@@H](O)[C@H](O[C@H]4[C@H](O[C@H]5CC[C@]6(C)[C@H]7CCC89C(=O)O[C@@H](CCCC(C)C)C8C(OC(C)=O)C[C@@]9(C)C7=CC[C@H]6C5(C)C)OC[C@@H](O)[C@@H]4O)O[C@@H]3C)O[C@H](CO)[C@H]2O)O[C@H](CO)[C@H]1O. The lowest BCUT2D eigenvalue weighted by Crippen LogP contribution is -2.67. The van der Waals surface area contributed by atoms with E-state index in [1.807, 2.05) is 0 Å². The molecule has 5 heterocycles. The van der Waals surface area contributed by atoms with Crippen molar-refractivity contribution in [2.75, 3.05) is 26.9 Å². The van der Waals surface area contributed by atoms with Crippen molar-refractivity contribution in [3.63, 3.8) is 0 Å². The third-order valence-electron chi connectivity index (χ3n) is 20.1. The van der Waals surface area contributed by atoms with Gasteiger partial charge in [0, 0.05) is 19.4 Å². The number of carbonyl (C=O) groups is 2. The molecule has 5 saturated heterocycles. The maximum Gasteiger partial charge on any atom is 0.313 e. The number of allylic oxidation sites excluding steroid dienone is 2. The van der Waals surface area contributed by atoms with E-state index in [1.54, 1.807) is 0 Å². The van der Waals surface area contributed by atoms with Crippen molar-refractivity contribution < 1.29 is 113 Å². The van der Waals surface area contributed by atoms with Gasteiger partial charge in [-0.05, 0) is 86.9 Å². The zero-order chi connectivity index (χ0) is 56.7. The molecule has 0 aromatic carbocycles. The van der Waals surface area contributed by atoms with Gasteiger partial charge in [0.1, 0.15) is 97.7 Å². The van der Waals surface area contributed by atoms with Crippen LogP contribution < -0.4 is 0 Å². The summed E-state index contributed by atoms with van der Waals surface area (Å²) in [6.07, 6.45) is -22.0. The van der Waals surface area contributed by atoms with Crippen LogP contribution in [-0.4, -0.2) is 225 Å². The van der Waals surface area contributed by atoms with Crippen molar-refractivity contribution in [3.8, 4) is 0 Å². The molecule has 3 saturated carbocycles. The molecule has 0 bridgehead atoms. The molecular formula is C55H88O23. The molecule has 0 amide bonds. The molecular weight excluding hydrogens is 1030 g/mol. The largest absolute Gasteiger partial charge is 0.462 e. The average molecular weight is 1120 g/mol. The van der Waals surface area contributed by atoms with Crippen LogP contribution in [0.5, 0.6) is 0 Å². The fourth-order valence-electron chi connectivity index (χ4n) is 16.1. The van der Waals surface area contributed by atoms with Gasteiger partial charge in [-0.25, -0.2) is 0 Å². The van der Waals surface area contributed by atoms with E-state index in [0.717, 1.165) is 32.1 Å². The number of ether oxygens (including phenoxy) is 11. The van der Waals surface area contributed by atoms with Gasteiger partial charge in [0.15, 0.2) is 25.2 Å². The minimum atomic E-state index is -1.91. The Balaban J connectivity index is 0.878. The first kappa shape index (κ1) is 60.5. The highest BCUT2D eigenvalue weighted by Gasteiger charge is 2.77.